The Balaban J connectivity index is 1.56. The molecule has 2 aromatic heterocycles. The van der Waals surface area contributed by atoms with Crippen molar-refractivity contribution in [2.24, 2.45) is 0 Å². The van der Waals surface area contributed by atoms with Crippen LogP contribution in [0.4, 0.5) is 5.69 Å². The average Bonchev–Trinajstić information content (AvgIpc) is 3.43. The topological polar surface area (TPSA) is 120 Å². The summed E-state index contributed by atoms with van der Waals surface area (Å²) in [6, 6.07) is 10.8. The van der Waals surface area contributed by atoms with Crippen molar-refractivity contribution in [3.8, 4) is 11.3 Å². The largest absolute Gasteiger partial charge is 0.269 e. The number of hydrogen-bond donors (Lipinski definition) is 1. The number of pyridine rings is 1. The SMILES string of the molecule is O=[N+]([O-])c1ccc(S(=O)(=O)NCc2cc(-c3ccncc3)n(C3CCCC3)n2)cc1. The van der Waals surface area contributed by atoms with Gasteiger partial charge in [0.25, 0.3) is 5.69 Å². The highest BCUT2D eigenvalue weighted by Crippen LogP contribution is 2.33. The number of rotatable bonds is 7. The van der Waals surface area contributed by atoms with E-state index >= 15 is 0 Å². The number of non-ortho nitro benzene ring substituents is 1. The maximum Gasteiger partial charge on any atom is 0.269 e. The highest BCUT2D eigenvalue weighted by molar-refractivity contribution is 7.89. The summed E-state index contributed by atoms with van der Waals surface area (Å²) in [4.78, 5) is 14.2. The van der Waals surface area contributed by atoms with E-state index < -0.39 is 14.9 Å². The van der Waals surface area contributed by atoms with Crippen LogP contribution in [-0.2, 0) is 16.6 Å². The Labute approximate surface area is 174 Å². The van der Waals surface area contributed by atoms with Crippen molar-refractivity contribution in [2.45, 2.75) is 43.2 Å². The van der Waals surface area contributed by atoms with Crippen LogP contribution < -0.4 is 4.72 Å². The minimum absolute atomic E-state index is 0.0249. The lowest BCUT2D eigenvalue weighted by atomic mass is 10.1. The Hall–Kier alpha value is -3.11. The van der Waals surface area contributed by atoms with Crippen LogP contribution in [0, 0.1) is 10.1 Å². The third-order valence-electron chi connectivity index (χ3n) is 5.23. The number of nitro benzene ring substituents is 1. The quantitative estimate of drug-likeness (QED) is 0.455. The van der Waals surface area contributed by atoms with Gasteiger partial charge < -0.3 is 0 Å². The van der Waals surface area contributed by atoms with Crippen LogP contribution in [0.5, 0.6) is 0 Å². The van der Waals surface area contributed by atoms with Gasteiger partial charge in [-0.25, -0.2) is 13.1 Å². The number of aromatic nitrogens is 3. The molecule has 1 N–H and O–H groups in total. The fourth-order valence-electron chi connectivity index (χ4n) is 3.70. The summed E-state index contributed by atoms with van der Waals surface area (Å²) in [6.07, 6.45) is 7.85. The van der Waals surface area contributed by atoms with Crippen LogP contribution in [0.25, 0.3) is 11.3 Å². The van der Waals surface area contributed by atoms with Crippen molar-refractivity contribution >= 4 is 15.7 Å². The highest BCUT2D eigenvalue weighted by Gasteiger charge is 2.23. The molecular weight excluding hydrogens is 406 g/mol. The van der Waals surface area contributed by atoms with E-state index in [1.807, 2.05) is 22.9 Å². The second kappa shape index (κ2) is 8.33. The Morgan fingerprint density at radius 3 is 2.40 bits per heavy atom. The molecule has 0 radical (unpaired) electrons. The number of nitro groups is 1. The maximum absolute atomic E-state index is 12.6. The molecule has 0 saturated heterocycles. The van der Waals surface area contributed by atoms with Crippen LogP contribution in [0.1, 0.15) is 37.4 Å². The first kappa shape index (κ1) is 20.2. The monoisotopic (exact) mass is 427 g/mol. The van der Waals surface area contributed by atoms with E-state index in [2.05, 4.69) is 14.8 Å². The van der Waals surface area contributed by atoms with Gasteiger partial charge in [-0.15, -0.1) is 0 Å². The zero-order chi connectivity index (χ0) is 21.1. The van der Waals surface area contributed by atoms with Gasteiger partial charge in [-0.1, -0.05) is 12.8 Å². The van der Waals surface area contributed by atoms with Crippen molar-refractivity contribution in [3.05, 3.63) is 70.7 Å². The van der Waals surface area contributed by atoms with Crippen molar-refractivity contribution in [1.82, 2.24) is 19.5 Å². The van der Waals surface area contributed by atoms with E-state index in [9.17, 15) is 18.5 Å². The first-order valence-electron chi connectivity index (χ1n) is 9.67. The molecule has 3 aromatic rings. The Kier molecular flexibility index (Phi) is 5.60. The Morgan fingerprint density at radius 2 is 1.77 bits per heavy atom. The van der Waals surface area contributed by atoms with Crippen molar-refractivity contribution in [1.29, 1.82) is 0 Å². The molecule has 1 aliphatic carbocycles. The minimum Gasteiger partial charge on any atom is -0.265 e. The van der Waals surface area contributed by atoms with Crippen molar-refractivity contribution in [3.63, 3.8) is 0 Å². The molecule has 1 aliphatic rings. The average molecular weight is 427 g/mol. The zero-order valence-corrected chi connectivity index (χ0v) is 17.0. The normalized spacial score (nSPS) is 14.8. The molecule has 0 aliphatic heterocycles. The Bertz CT molecular complexity index is 1140. The second-order valence-corrected chi connectivity index (χ2v) is 8.98. The first-order chi connectivity index (χ1) is 14.4. The molecule has 10 heteroatoms. The lowest BCUT2D eigenvalue weighted by Crippen LogP contribution is -2.23. The number of benzene rings is 1. The van der Waals surface area contributed by atoms with E-state index in [-0.39, 0.29) is 17.1 Å². The molecule has 1 saturated carbocycles. The molecule has 0 spiro atoms. The fourth-order valence-corrected chi connectivity index (χ4v) is 4.70. The minimum atomic E-state index is -3.82. The van der Waals surface area contributed by atoms with E-state index in [1.54, 1.807) is 12.4 Å². The van der Waals surface area contributed by atoms with Gasteiger partial charge in [0.05, 0.1) is 33.8 Å². The van der Waals surface area contributed by atoms with E-state index in [0.29, 0.717) is 11.7 Å². The number of nitrogens with zero attached hydrogens (tertiary/aromatic N) is 4. The van der Waals surface area contributed by atoms with Gasteiger partial charge in [-0.3, -0.25) is 19.8 Å². The van der Waals surface area contributed by atoms with Crippen LogP contribution in [0.2, 0.25) is 0 Å². The van der Waals surface area contributed by atoms with Crippen LogP contribution in [0.3, 0.4) is 0 Å². The Morgan fingerprint density at radius 1 is 1.10 bits per heavy atom. The summed E-state index contributed by atoms with van der Waals surface area (Å²) in [7, 11) is -3.82. The van der Waals surface area contributed by atoms with Crippen LogP contribution in [0.15, 0.2) is 59.8 Å². The summed E-state index contributed by atoms with van der Waals surface area (Å²) in [6.45, 7) is 0.0249. The van der Waals surface area contributed by atoms with E-state index in [1.165, 1.54) is 24.3 Å². The summed E-state index contributed by atoms with van der Waals surface area (Å²) in [5.74, 6) is 0. The van der Waals surface area contributed by atoms with E-state index in [4.69, 9.17) is 0 Å². The van der Waals surface area contributed by atoms with Gasteiger partial charge in [0.2, 0.25) is 10.0 Å². The van der Waals surface area contributed by atoms with Crippen molar-refractivity contribution in [2.75, 3.05) is 0 Å². The molecule has 9 nitrogen and oxygen atoms in total. The second-order valence-electron chi connectivity index (χ2n) is 7.22. The summed E-state index contributed by atoms with van der Waals surface area (Å²) >= 11 is 0. The maximum atomic E-state index is 12.6. The molecule has 0 amide bonds. The van der Waals surface area contributed by atoms with Gasteiger partial charge in [0.15, 0.2) is 0 Å². The molecule has 0 bridgehead atoms. The molecule has 1 aromatic carbocycles. The molecule has 30 heavy (non-hydrogen) atoms. The molecule has 0 unspecified atom stereocenters. The molecule has 156 valence electrons. The molecule has 1 fully saturated rings. The number of hydrogen-bond acceptors (Lipinski definition) is 6. The third kappa shape index (κ3) is 4.24. The summed E-state index contributed by atoms with van der Waals surface area (Å²) in [5.41, 5.74) is 2.37. The van der Waals surface area contributed by atoms with Gasteiger partial charge >= 0.3 is 0 Å². The van der Waals surface area contributed by atoms with Gasteiger partial charge in [0, 0.05) is 30.1 Å². The van der Waals surface area contributed by atoms with Crippen LogP contribution in [-0.4, -0.2) is 28.1 Å². The molecule has 4 rings (SSSR count). The number of nitrogens with one attached hydrogen (secondary N) is 1. The van der Waals surface area contributed by atoms with E-state index in [0.717, 1.165) is 36.9 Å². The van der Waals surface area contributed by atoms with Gasteiger partial charge in [0.1, 0.15) is 0 Å². The lowest BCUT2D eigenvalue weighted by molar-refractivity contribution is -0.384. The summed E-state index contributed by atoms with van der Waals surface area (Å²) in [5, 5.41) is 15.4. The predicted octanol–water partition coefficient (Wildman–Crippen LogP) is 3.45. The molecule has 2 heterocycles. The standard InChI is InChI=1S/C20H21N5O4S/c26-25(27)18-5-7-19(8-6-18)30(28,29)22-14-16-13-20(15-9-11-21-12-10-15)24(23-16)17-3-1-2-4-17/h5-13,17,22H,1-4,14H2. The fraction of sp³-hybridized carbons (Fsp3) is 0.300. The van der Waals surface area contributed by atoms with Gasteiger partial charge in [-0.2, -0.15) is 5.10 Å². The third-order valence-corrected chi connectivity index (χ3v) is 6.65. The summed E-state index contributed by atoms with van der Waals surface area (Å²) < 4.78 is 29.7. The highest BCUT2D eigenvalue weighted by atomic mass is 32.2. The first-order valence-corrected chi connectivity index (χ1v) is 11.2. The zero-order valence-electron chi connectivity index (χ0n) is 16.1. The molecule has 0 atom stereocenters. The van der Waals surface area contributed by atoms with Gasteiger partial charge in [-0.05, 0) is 43.2 Å². The van der Waals surface area contributed by atoms with Crippen molar-refractivity contribution < 1.29 is 13.3 Å². The number of sulfonamides is 1. The molecular formula is C20H21N5O4S. The predicted molar refractivity (Wildman–Crippen MR) is 110 cm³/mol. The smallest absolute Gasteiger partial charge is 0.265 e. The lowest BCUT2D eigenvalue weighted by Gasteiger charge is -2.14. The van der Waals surface area contributed by atoms with Crippen LogP contribution >= 0.6 is 0 Å².